The molecule has 0 amide bonds. The third kappa shape index (κ3) is 6.67. The Kier molecular flexibility index (Phi) is 3.96. The predicted molar refractivity (Wildman–Crippen MR) is 35.6 cm³/mol. The molecular formula is C6H17NTi. The molecule has 0 aliphatic rings. The fourth-order valence-electron chi connectivity index (χ4n) is 0.632. The Balaban J connectivity index is 3.11. The molecule has 2 N–H and O–H groups in total. The van der Waals surface area contributed by atoms with Crippen molar-refractivity contribution in [3.8, 4) is 0 Å². The fourth-order valence-corrected chi connectivity index (χ4v) is 2.61. The van der Waals surface area contributed by atoms with Crippen molar-refractivity contribution in [2.75, 3.05) is 0 Å². The molecule has 0 rings (SSSR count). The van der Waals surface area contributed by atoms with Crippen LogP contribution in [-0.4, -0.2) is 0 Å². The van der Waals surface area contributed by atoms with Gasteiger partial charge in [-0.3, -0.25) is 0 Å². The Hall–Kier alpha value is 0.674. The molecule has 0 aromatic heterocycles. The number of nitrogens with two attached hydrogens (primary N) is 1. The zero-order valence-electron chi connectivity index (χ0n) is 6.20. The van der Waals surface area contributed by atoms with Crippen LogP contribution >= 0.6 is 0 Å². The van der Waals surface area contributed by atoms with E-state index >= 15 is 0 Å². The monoisotopic (exact) mass is 151 g/mol. The van der Waals surface area contributed by atoms with Crippen LogP contribution in [0.15, 0.2) is 0 Å². The Morgan fingerprint density at radius 1 is 1.38 bits per heavy atom. The summed E-state index contributed by atoms with van der Waals surface area (Å²) >= 11 is -1.61. The summed E-state index contributed by atoms with van der Waals surface area (Å²) in [5.41, 5.74) is 0. The van der Waals surface area contributed by atoms with Crippen molar-refractivity contribution in [3.63, 3.8) is 0 Å². The van der Waals surface area contributed by atoms with Crippen molar-refractivity contribution < 1.29 is 16.8 Å². The van der Waals surface area contributed by atoms with Crippen LogP contribution in [0.25, 0.3) is 0 Å². The number of rotatable bonds is 3. The first-order chi connectivity index (χ1) is 3.56. The minimum absolute atomic E-state index is 1.30. The SMILES string of the molecule is CCC[CH2][Ti]([CH3])([CH3])[NH2]. The van der Waals surface area contributed by atoms with Gasteiger partial charge in [-0.25, -0.2) is 0 Å². The molecule has 0 fully saturated rings. The Bertz CT molecular complexity index is 56.0. The van der Waals surface area contributed by atoms with Gasteiger partial charge in [0.2, 0.25) is 0 Å². The normalized spacial score (nSPS) is 12.0. The Labute approximate surface area is 56.3 Å². The fraction of sp³-hybridized carbons (Fsp3) is 1.00. The summed E-state index contributed by atoms with van der Waals surface area (Å²) in [5.74, 6) is 0. The molecule has 0 saturated carbocycles. The van der Waals surface area contributed by atoms with Crippen molar-refractivity contribution in [2.45, 2.75) is 34.9 Å². The first-order valence-corrected chi connectivity index (χ1v) is 8.48. The molecule has 0 heterocycles. The van der Waals surface area contributed by atoms with E-state index in [4.69, 9.17) is 4.22 Å². The molecule has 8 heavy (non-hydrogen) atoms. The van der Waals surface area contributed by atoms with E-state index in [2.05, 4.69) is 17.4 Å². The van der Waals surface area contributed by atoms with E-state index in [0.717, 1.165) is 0 Å². The molecule has 0 aliphatic heterocycles. The van der Waals surface area contributed by atoms with E-state index in [9.17, 15) is 0 Å². The van der Waals surface area contributed by atoms with Crippen molar-refractivity contribution >= 4 is 0 Å². The van der Waals surface area contributed by atoms with Gasteiger partial charge in [0.05, 0.1) is 0 Å². The van der Waals surface area contributed by atoms with Crippen molar-refractivity contribution in [1.29, 1.82) is 0 Å². The van der Waals surface area contributed by atoms with Crippen LogP contribution in [0.4, 0.5) is 0 Å². The number of hydrogen-bond donors (Lipinski definition) is 1. The molecule has 0 aromatic rings. The molecule has 2 heteroatoms. The molecule has 0 spiro atoms. The zero-order valence-corrected chi connectivity index (χ0v) is 7.76. The summed E-state index contributed by atoms with van der Waals surface area (Å²) in [7, 11) is 0. The topological polar surface area (TPSA) is 26.0 Å². The second-order valence-electron chi connectivity index (χ2n) is 3.09. The molecule has 0 atom stereocenters. The average Bonchev–Trinajstić information content (AvgIpc) is 1.59. The van der Waals surface area contributed by atoms with E-state index < -0.39 is 16.8 Å². The summed E-state index contributed by atoms with van der Waals surface area (Å²) in [6.45, 7) is 2.22. The van der Waals surface area contributed by atoms with Gasteiger partial charge in [-0.05, 0) is 0 Å². The van der Waals surface area contributed by atoms with Crippen LogP contribution in [-0.2, 0) is 16.8 Å². The van der Waals surface area contributed by atoms with E-state index in [0.29, 0.717) is 0 Å². The van der Waals surface area contributed by atoms with Crippen LogP contribution in [0, 0.1) is 0 Å². The average molecular weight is 151 g/mol. The van der Waals surface area contributed by atoms with Gasteiger partial charge in [-0.15, -0.1) is 0 Å². The Morgan fingerprint density at radius 3 is 2.00 bits per heavy atom. The van der Waals surface area contributed by atoms with E-state index in [1.165, 1.54) is 17.6 Å². The number of hydrogen-bond acceptors (Lipinski definition) is 1. The van der Waals surface area contributed by atoms with E-state index in [1.54, 1.807) is 0 Å². The summed E-state index contributed by atoms with van der Waals surface area (Å²) in [5, 5.41) is 4.52. The van der Waals surface area contributed by atoms with Gasteiger partial charge in [0.25, 0.3) is 0 Å². The quantitative estimate of drug-likeness (QED) is 0.615. The van der Waals surface area contributed by atoms with Crippen LogP contribution in [0.5, 0.6) is 0 Å². The van der Waals surface area contributed by atoms with Crippen molar-refractivity contribution in [1.82, 2.24) is 0 Å². The third-order valence-corrected chi connectivity index (χ3v) is 3.74. The van der Waals surface area contributed by atoms with Crippen molar-refractivity contribution in [3.05, 3.63) is 0 Å². The van der Waals surface area contributed by atoms with E-state index in [1.807, 2.05) is 0 Å². The standard InChI is InChI=1S/C4H9.2CH3.H2N.Ti/c1-3-4-2;;;;/h1,3-4H2,2H3;2*1H3;1H2;/q;;;-1;+1. The molecule has 0 aliphatic carbocycles. The zero-order chi connectivity index (χ0) is 6.62. The molecule has 0 aromatic carbocycles. The van der Waals surface area contributed by atoms with Gasteiger partial charge in [0, 0.05) is 0 Å². The Morgan fingerprint density at radius 2 is 1.88 bits per heavy atom. The second-order valence-corrected chi connectivity index (χ2v) is 10.1. The van der Waals surface area contributed by atoms with Gasteiger partial charge < -0.3 is 0 Å². The maximum absolute atomic E-state index is 5.91. The van der Waals surface area contributed by atoms with Crippen LogP contribution in [0.2, 0.25) is 15.2 Å². The third-order valence-electron chi connectivity index (χ3n) is 1.17. The first kappa shape index (κ1) is 8.67. The van der Waals surface area contributed by atoms with Gasteiger partial charge in [-0.1, -0.05) is 0 Å². The molecule has 0 radical (unpaired) electrons. The van der Waals surface area contributed by atoms with E-state index in [-0.39, 0.29) is 0 Å². The van der Waals surface area contributed by atoms with Crippen LogP contribution < -0.4 is 4.22 Å². The summed E-state index contributed by atoms with van der Waals surface area (Å²) in [4.78, 5) is 0. The summed E-state index contributed by atoms with van der Waals surface area (Å²) < 4.78 is 7.24. The minimum atomic E-state index is -1.61. The molecule has 50 valence electrons. The van der Waals surface area contributed by atoms with Crippen LogP contribution in [0.1, 0.15) is 19.8 Å². The summed E-state index contributed by atoms with van der Waals surface area (Å²) in [6.07, 6.45) is 2.63. The maximum atomic E-state index is 5.91. The van der Waals surface area contributed by atoms with Crippen molar-refractivity contribution in [2.24, 2.45) is 4.22 Å². The van der Waals surface area contributed by atoms with Crippen LogP contribution in [0.3, 0.4) is 0 Å². The second kappa shape index (κ2) is 3.65. The van der Waals surface area contributed by atoms with Gasteiger partial charge >= 0.3 is 56.0 Å². The van der Waals surface area contributed by atoms with Gasteiger partial charge in [0.1, 0.15) is 0 Å². The predicted octanol–water partition coefficient (Wildman–Crippen LogP) is 2.33. The summed E-state index contributed by atoms with van der Waals surface area (Å²) in [6, 6.07) is 0. The van der Waals surface area contributed by atoms with Gasteiger partial charge in [-0.2, -0.15) is 0 Å². The molecular weight excluding hydrogens is 134 g/mol. The molecule has 0 bridgehead atoms. The number of unbranched alkanes of at least 4 members (excludes halogenated alkanes) is 1. The first-order valence-electron chi connectivity index (χ1n) is 3.35. The van der Waals surface area contributed by atoms with Gasteiger partial charge in [0.15, 0.2) is 0 Å². The molecule has 0 unspecified atom stereocenters. The molecule has 0 saturated heterocycles. The molecule has 1 nitrogen and oxygen atoms in total.